The summed E-state index contributed by atoms with van der Waals surface area (Å²) >= 11 is 0. The number of hydrogen-bond acceptors (Lipinski definition) is 3. The molecule has 45 heavy (non-hydrogen) atoms. The maximum atomic E-state index is 14.3. The van der Waals surface area contributed by atoms with Crippen molar-refractivity contribution in [2.75, 3.05) is 13.7 Å². The molecule has 0 spiro atoms. The van der Waals surface area contributed by atoms with E-state index >= 15 is 0 Å². The number of hydrogen-bond donors (Lipinski definition) is 1. The fourth-order valence-electron chi connectivity index (χ4n) is 6.61. The highest BCUT2D eigenvalue weighted by molar-refractivity contribution is 6.99. The Kier molecular flexibility index (Phi) is 11.7. The first-order chi connectivity index (χ1) is 21.6. The molecule has 0 aliphatic heterocycles. The minimum Gasteiger partial charge on any atom is -0.407 e. The fourth-order valence-corrected chi connectivity index (χ4v) is 11.3. The van der Waals surface area contributed by atoms with Crippen molar-refractivity contribution in [3.05, 3.63) is 145 Å². The second-order valence-corrected chi connectivity index (χ2v) is 17.5. The van der Waals surface area contributed by atoms with Gasteiger partial charge < -0.3 is 14.4 Å². The largest absolute Gasteiger partial charge is 0.407 e. The van der Waals surface area contributed by atoms with Gasteiger partial charge in [-0.1, -0.05) is 155 Å². The van der Waals surface area contributed by atoms with Gasteiger partial charge in [0, 0.05) is 19.6 Å². The topological polar surface area (TPSA) is 49.8 Å². The summed E-state index contributed by atoms with van der Waals surface area (Å²) < 4.78 is 7.21. The standard InChI is InChI=1S/C40H49NO3Si/c1-7-20-34(39(43)41(6)37(32-21-12-8-13-22-32)38(42)33-23-14-9-15-24-33)29-31(2)30-44-45(40(3,4)5,35-25-16-10-17-26-35)36-27-18-11-19-28-36/h7-19,21-28,31,34,37-38,42H,1,20,29-30H2,2-6H3/t31-,34+,37-,38+/m1/s1. The number of rotatable bonds is 14. The second kappa shape index (κ2) is 15.5. The van der Waals surface area contributed by atoms with E-state index in [1.807, 2.05) is 73.8 Å². The molecule has 5 heteroatoms. The van der Waals surface area contributed by atoms with E-state index in [0.29, 0.717) is 19.4 Å². The van der Waals surface area contributed by atoms with Crippen LogP contribution in [0.2, 0.25) is 5.04 Å². The molecule has 0 radical (unpaired) electrons. The smallest absolute Gasteiger partial charge is 0.261 e. The van der Waals surface area contributed by atoms with Gasteiger partial charge >= 0.3 is 0 Å². The van der Waals surface area contributed by atoms with Crippen LogP contribution in [0.3, 0.4) is 0 Å². The van der Waals surface area contributed by atoms with Crippen LogP contribution in [0, 0.1) is 11.8 Å². The third-order valence-corrected chi connectivity index (χ3v) is 13.8. The third-order valence-electron chi connectivity index (χ3n) is 8.83. The quantitative estimate of drug-likeness (QED) is 0.116. The molecule has 4 atom stereocenters. The summed E-state index contributed by atoms with van der Waals surface area (Å²) in [6.45, 7) is 13.5. The second-order valence-electron chi connectivity index (χ2n) is 13.2. The molecule has 0 heterocycles. The van der Waals surface area contributed by atoms with Crippen LogP contribution in [-0.2, 0) is 9.22 Å². The lowest BCUT2D eigenvalue weighted by atomic mass is 9.89. The van der Waals surface area contributed by atoms with Crippen LogP contribution >= 0.6 is 0 Å². The predicted octanol–water partition coefficient (Wildman–Crippen LogP) is 7.71. The highest BCUT2D eigenvalue weighted by Gasteiger charge is 2.50. The summed E-state index contributed by atoms with van der Waals surface area (Å²) in [5.74, 6) is -0.182. The van der Waals surface area contributed by atoms with E-state index in [9.17, 15) is 9.90 Å². The van der Waals surface area contributed by atoms with Crippen LogP contribution < -0.4 is 10.4 Å². The Hall–Kier alpha value is -3.77. The van der Waals surface area contributed by atoms with Gasteiger partial charge in [0.1, 0.15) is 6.10 Å². The number of nitrogens with zero attached hydrogens (tertiary/aromatic N) is 1. The molecule has 0 fully saturated rings. The molecule has 1 N–H and O–H groups in total. The Morgan fingerprint density at radius 2 is 1.27 bits per heavy atom. The zero-order valence-electron chi connectivity index (χ0n) is 27.5. The Morgan fingerprint density at radius 1 is 0.822 bits per heavy atom. The summed E-state index contributed by atoms with van der Waals surface area (Å²) in [6.07, 6.45) is 2.16. The van der Waals surface area contributed by atoms with E-state index in [1.54, 1.807) is 4.90 Å². The van der Waals surface area contributed by atoms with Gasteiger partial charge in [-0.2, -0.15) is 0 Å². The van der Waals surface area contributed by atoms with Gasteiger partial charge in [0.05, 0.1) is 6.04 Å². The molecule has 4 nitrogen and oxygen atoms in total. The molecule has 1 amide bonds. The molecule has 236 valence electrons. The Balaban J connectivity index is 1.59. The third kappa shape index (κ3) is 7.91. The summed E-state index contributed by atoms with van der Waals surface area (Å²) in [6, 6.07) is 40.2. The number of aliphatic hydroxyl groups excluding tert-OH is 1. The lowest BCUT2D eigenvalue weighted by molar-refractivity contribution is -0.139. The van der Waals surface area contributed by atoms with Crippen molar-refractivity contribution in [1.82, 2.24) is 4.90 Å². The SMILES string of the molecule is C=CC[C@@H](C[C@@H](C)CO[Si](c1ccccc1)(c1ccccc1)C(C)(C)C)C(=O)N(C)[C@H](c1ccccc1)[C@@H](O)c1ccccc1. The maximum Gasteiger partial charge on any atom is 0.261 e. The lowest BCUT2D eigenvalue weighted by Crippen LogP contribution is -2.66. The summed E-state index contributed by atoms with van der Waals surface area (Å²) in [7, 11) is -0.882. The van der Waals surface area contributed by atoms with Crippen molar-refractivity contribution in [2.24, 2.45) is 11.8 Å². The predicted molar refractivity (Wildman–Crippen MR) is 189 cm³/mol. The molecule has 0 aliphatic rings. The molecule has 4 rings (SSSR count). The molecule has 4 aromatic rings. The zero-order chi connectivity index (χ0) is 32.5. The molecule has 0 saturated heterocycles. The van der Waals surface area contributed by atoms with E-state index < -0.39 is 20.5 Å². The Morgan fingerprint density at radius 3 is 1.71 bits per heavy atom. The Labute approximate surface area is 271 Å². The average Bonchev–Trinajstić information content (AvgIpc) is 3.06. The van der Waals surface area contributed by atoms with Crippen LogP contribution in [-0.4, -0.2) is 37.9 Å². The van der Waals surface area contributed by atoms with Crippen LogP contribution in [0.5, 0.6) is 0 Å². The van der Waals surface area contributed by atoms with E-state index in [0.717, 1.165) is 11.1 Å². The van der Waals surface area contributed by atoms with E-state index in [-0.39, 0.29) is 22.8 Å². The van der Waals surface area contributed by atoms with Gasteiger partial charge in [-0.15, -0.1) is 6.58 Å². The van der Waals surface area contributed by atoms with Crippen LogP contribution in [0.15, 0.2) is 134 Å². The minimum absolute atomic E-state index is 0.00367. The molecule has 0 saturated carbocycles. The summed E-state index contributed by atoms with van der Waals surface area (Å²) in [4.78, 5) is 16.0. The van der Waals surface area contributed by atoms with Crippen LogP contribution in [0.4, 0.5) is 0 Å². The number of benzene rings is 4. The lowest BCUT2D eigenvalue weighted by Gasteiger charge is -2.43. The van der Waals surface area contributed by atoms with Gasteiger partial charge in [-0.05, 0) is 45.3 Å². The van der Waals surface area contributed by atoms with Crippen molar-refractivity contribution in [3.8, 4) is 0 Å². The van der Waals surface area contributed by atoms with Crippen molar-refractivity contribution in [3.63, 3.8) is 0 Å². The maximum absolute atomic E-state index is 14.3. The van der Waals surface area contributed by atoms with Crippen molar-refractivity contribution < 1.29 is 14.3 Å². The van der Waals surface area contributed by atoms with Crippen molar-refractivity contribution >= 4 is 24.6 Å². The van der Waals surface area contributed by atoms with Crippen LogP contribution in [0.25, 0.3) is 0 Å². The van der Waals surface area contributed by atoms with Gasteiger partial charge in [0.2, 0.25) is 5.91 Å². The first-order valence-electron chi connectivity index (χ1n) is 16.0. The van der Waals surface area contributed by atoms with E-state index in [2.05, 4.69) is 94.9 Å². The molecular formula is C40H49NO3Si. The van der Waals surface area contributed by atoms with Crippen LogP contribution in [0.1, 0.15) is 63.8 Å². The normalized spacial score (nSPS) is 14.6. The molecule has 4 aromatic carbocycles. The Bertz CT molecular complexity index is 1430. The van der Waals surface area contributed by atoms with Gasteiger partial charge in [-0.25, -0.2) is 0 Å². The molecular weight excluding hydrogens is 571 g/mol. The number of carbonyl (C=O) groups excluding carboxylic acids is 1. The van der Waals surface area contributed by atoms with E-state index in [4.69, 9.17) is 4.43 Å². The van der Waals surface area contributed by atoms with Gasteiger partial charge in [0.15, 0.2) is 0 Å². The van der Waals surface area contributed by atoms with Gasteiger partial charge in [-0.3, -0.25) is 4.79 Å². The van der Waals surface area contributed by atoms with Gasteiger partial charge in [0.25, 0.3) is 8.32 Å². The molecule has 0 aliphatic carbocycles. The first kappa shape index (κ1) is 34.1. The van der Waals surface area contributed by atoms with Crippen molar-refractivity contribution in [1.29, 1.82) is 0 Å². The number of carbonyl (C=O) groups is 1. The number of likely N-dealkylation sites (N-methyl/N-ethyl adjacent to an activating group) is 1. The highest BCUT2D eigenvalue weighted by Crippen LogP contribution is 2.38. The summed E-state index contributed by atoms with van der Waals surface area (Å²) in [5.41, 5.74) is 1.67. The molecule has 0 unspecified atom stereocenters. The van der Waals surface area contributed by atoms with E-state index in [1.165, 1.54) is 10.4 Å². The van der Waals surface area contributed by atoms with Crippen molar-refractivity contribution in [2.45, 2.75) is 57.7 Å². The molecule has 0 bridgehead atoms. The number of amides is 1. The molecule has 0 aromatic heterocycles. The zero-order valence-corrected chi connectivity index (χ0v) is 28.5. The summed E-state index contributed by atoms with van der Waals surface area (Å²) in [5, 5.41) is 14.0. The number of aliphatic hydroxyl groups is 1. The first-order valence-corrected chi connectivity index (χ1v) is 17.9. The monoisotopic (exact) mass is 619 g/mol. The highest BCUT2D eigenvalue weighted by atomic mass is 28.4. The average molecular weight is 620 g/mol. The fraction of sp³-hybridized carbons (Fsp3) is 0.325. The minimum atomic E-state index is -2.69. The number of allylic oxidation sites excluding steroid dienone is 1.